The maximum absolute atomic E-state index is 12.0. The lowest BCUT2D eigenvalue weighted by Crippen LogP contribution is -2.45. The summed E-state index contributed by atoms with van der Waals surface area (Å²) in [7, 11) is 0. The second kappa shape index (κ2) is 6.24. The van der Waals surface area contributed by atoms with Gasteiger partial charge in [0.05, 0.1) is 16.8 Å². The van der Waals surface area contributed by atoms with Crippen LogP contribution in [0.3, 0.4) is 0 Å². The third kappa shape index (κ3) is 4.51. The third-order valence-corrected chi connectivity index (χ3v) is 3.08. The molecule has 110 valence electrons. The fraction of sp³-hybridized carbons (Fsp3) is 0.429. The van der Waals surface area contributed by atoms with Crippen LogP contribution >= 0.6 is 11.6 Å². The van der Waals surface area contributed by atoms with Crippen LogP contribution in [0.4, 0.5) is 11.4 Å². The molecule has 0 aromatic heterocycles. The molecule has 1 aromatic rings. The molecule has 5 nitrogen and oxygen atoms in total. The molecule has 1 rings (SSSR count). The molecule has 0 unspecified atom stereocenters. The SMILES string of the molecule is CC(=O)Nc1ccc(NC(=O)[C@@H](N)C(C)(C)C)cc1Cl. The summed E-state index contributed by atoms with van der Waals surface area (Å²) < 4.78 is 0. The molecule has 1 atom stereocenters. The van der Waals surface area contributed by atoms with E-state index in [4.69, 9.17) is 17.3 Å². The van der Waals surface area contributed by atoms with E-state index in [0.29, 0.717) is 16.4 Å². The predicted octanol–water partition coefficient (Wildman–Crippen LogP) is 2.61. The Bertz CT molecular complexity index is 524. The van der Waals surface area contributed by atoms with Crippen LogP contribution < -0.4 is 16.4 Å². The number of nitrogens with two attached hydrogens (primary N) is 1. The standard InChI is InChI=1S/C14H20ClN3O2/c1-8(19)17-11-6-5-9(7-10(11)15)18-13(20)12(16)14(2,3)4/h5-7,12H,16H2,1-4H3,(H,17,19)(H,18,20)/t12-/m1/s1. The average molecular weight is 298 g/mol. The number of nitrogens with one attached hydrogen (secondary N) is 2. The van der Waals surface area contributed by atoms with Gasteiger partial charge in [-0.2, -0.15) is 0 Å². The van der Waals surface area contributed by atoms with Crippen molar-refractivity contribution >= 4 is 34.8 Å². The fourth-order valence-electron chi connectivity index (χ4n) is 1.50. The first-order valence-electron chi connectivity index (χ1n) is 6.25. The number of carbonyl (C=O) groups excluding carboxylic acids is 2. The lowest BCUT2D eigenvalue weighted by atomic mass is 9.87. The van der Waals surface area contributed by atoms with E-state index in [1.54, 1.807) is 18.2 Å². The Labute approximate surface area is 123 Å². The van der Waals surface area contributed by atoms with E-state index < -0.39 is 6.04 Å². The van der Waals surface area contributed by atoms with E-state index in [9.17, 15) is 9.59 Å². The number of carbonyl (C=O) groups is 2. The maximum Gasteiger partial charge on any atom is 0.241 e. The first kappa shape index (κ1) is 16.5. The number of hydrogen-bond acceptors (Lipinski definition) is 3. The number of halogens is 1. The van der Waals surface area contributed by atoms with Crippen LogP contribution in [0.5, 0.6) is 0 Å². The Morgan fingerprint density at radius 2 is 1.85 bits per heavy atom. The van der Waals surface area contributed by atoms with Gasteiger partial charge in [-0.05, 0) is 23.6 Å². The van der Waals surface area contributed by atoms with Gasteiger partial charge in [-0.25, -0.2) is 0 Å². The number of hydrogen-bond donors (Lipinski definition) is 3. The molecule has 0 spiro atoms. The summed E-state index contributed by atoms with van der Waals surface area (Å²) in [5.41, 5.74) is 6.58. The van der Waals surface area contributed by atoms with Crippen molar-refractivity contribution in [2.24, 2.45) is 11.1 Å². The summed E-state index contributed by atoms with van der Waals surface area (Å²) in [5, 5.41) is 5.65. The van der Waals surface area contributed by atoms with Crippen molar-refractivity contribution in [3.8, 4) is 0 Å². The van der Waals surface area contributed by atoms with Crippen molar-refractivity contribution in [2.75, 3.05) is 10.6 Å². The zero-order chi connectivity index (χ0) is 15.5. The van der Waals surface area contributed by atoms with E-state index in [1.807, 2.05) is 20.8 Å². The van der Waals surface area contributed by atoms with E-state index in [-0.39, 0.29) is 17.2 Å². The Kier molecular flexibility index (Phi) is 5.14. The maximum atomic E-state index is 12.0. The number of benzene rings is 1. The highest BCUT2D eigenvalue weighted by atomic mass is 35.5. The normalized spacial score (nSPS) is 12.7. The summed E-state index contributed by atoms with van der Waals surface area (Å²) in [6, 6.07) is 4.23. The molecule has 0 heterocycles. The Morgan fingerprint density at radius 1 is 1.25 bits per heavy atom. The summed E-state index contributed by atoms with van der Waals surface area (Å²) in [6.45, 7) is 7.08. The van der Waals surface area contributed by atoms with E-state index in [0.717, 1.165) is 0 Å². The van der Waals surface area contributed by atoms with Gasteiger partial charge in [-0.15, -0.1) is 0 Å². The highest BCUT2D eigenvalue weighted by Crippen LogP contribution is 2.26. The van der Waals surface area contributed by atoms with Gasteiger partial charge in [-0.3, -0.25) is 9.59 Å². The van der Waals surface area contributed by atoms with Crippen molar-refractivity contribution in [2.45, 2.75) is 33.7 Å². The van der Waals surface area contributed by atoms with Crippen LogP contribution in [-0.4, -0.2) is 17.9 Å². The molecule has 0 aliphatic heterocycles. The van der Waals surface area contributed by atoms with Crippen LogP contribution in [-0.2, 0) is 9.59 Å². The highest BCUT2D eigenvalue weighted by molar-refractivity contribution is 6.34. The molecule has 1 aromatic carbocycles. The summed E-state index contributed by atoms with van der Waals surface area (Å²) in [4.78, 5) is 23.0. The van der Waals surface area contributed by atoms with Gasteiger partial charge in [0.25, 0.3) is 0 Å². The van der Waals surface area contributed by atoms with Gasteiger partial charge in [0, 0.05) is 12.6 Å². The van der Waals surface area contributed by atoms with Gasteiger partial charge >= 0.3 is 0 Å². The quantitative estimate of drug-likeness (QED) is 0.802. The molecule has 4 N–H and O–H groups in total. The lowest BCUT2D eigenvalue weighted by Gasteiger charge is -2.25. The first-order chi connectivity index (χ1) is 9.11. The highest BCUT2D eigenvalue weighted by Gasteiger charge is 2.27. The lowest BCUT2D eigenvalue weighted by molar-refractivity contribution is -0.119. The number of rotatable bonds is 3. The van der Waals surface area contributed by atoms with Crippen LogP contribution in [0, 0.1) is 5.41 Å². The minimum atomic E-state index is -0.628. The molecule has 0 fully saturated rings. The van der Waals surface area contributed by atoms with Crippen molar-refractivity contribution in [3.05, 3.63) is 23.2 Å². The largest absolute Gasteiger partial charge is 0.325 e. The van der Waals surface area contributed by atoms with Gasteiger partial charge in [0.15, 0.2) is 0 Å². The van der Waals surface area contributed by atoms with Crippen molar-refractivity contribution in [3.63, 3.8) is 0 Å². The smallest absolute Gasteiger partial charge is 0.241 e. The van der Waals surface area contributed by atoms with Gasteiger partial charge < -0.3 is 16.4 Å². The second-order valence-corrected chi connectivity index (χ2v) is 6.12. The second-order valence-electron chi connectivity index (χ2n) is 5.71. The molecule has 0 aliphatic rings. The van der Waals surface area contributed by atoms with Crippen molar-refractivity contribution < 1.29 is 9.59 Å². The molecule has 0 aliphatic carbocycles. The van der Waals surface area contributed by atoms with Crippen LogP contribution in [0.1, 0.15) is 27.7 Å². The zero-order valence-electron chi connectivity index (χ0n) is 12.1. The van der Waals surface area contributed by atoms with Crippen molar-refractivity contribution in [1.82, 2.24) is 0 Å². The monoisotopic (exact) mass is 297 g/mol. The summed E-state index contributed by atoms with van der Waals surface area (Å²) >= 11 is 6.03. The molecule has 6 heteroatoms. The Morgan fingerprint density at radius 3 is 2.30 bits per heavy atom. The van der Waals surface area contributed by atoms with Gasteiger partial charge in [-0.1, -0.05) is 32.4 Å². The van der Waals surface area contributed by atoms with Crippen LogP contribution in [0.2, 0.25) is 5.02 Å². The number of anilines is 2. The molecule has 0 saturated carbocycles. The van der Waals surface area contributed by atoms with Crippen molar-refractivity contribution in [1.29, 1.82) is 0 Å². The third-order valence-electron chi connectivity index (χ3n) is 2.76. The summed E-state index contributed by atoms with van der Waals surface area (Å²) in [5.74, 6) is -0.487. The Balaban J connectivity index is 2.82. The van der Waals surface area contributed by atoms with E-state index in [1.165, 1.54) is 6.92 Å². The molecule has 0 bridgehead atoms. The Hall–Kier alpha value is -1.59. The molecule has 2 amide bonds. The molecule has 0 radical (unpaired) electrons. The fourth-order valence-corrected chi connectivity index (χ4v) is 1.72. The topological polar surface area (TPSA) is 84.2 Å². The minimum absolute atomic E-state index is 0.210. The van der Waals surface area contributed by atoms with E-state index >= 15 is 0 Å². The molecule has 0 saturated heterocycles. The average Bonchev–Trinajstić information content (AvgIpc) is 2.30. The predicted molar refractivity (Wildman–Crippen MR) is 81.8 cm³/mol. The van der Waals surface area contributed by atoms with Gasteiger partial charge in [0.1, 0.15) is 0 Å². The molecular weight excluding hydrogens is 278 g/mol. The molecule has 20 heavy (non-hydrogen) atoms. The van der Waals surface area contributed by atoms with Crippen LogP contribution in [0.25, 0.3) is 0 Å². The van der Waals surface area contributed by atoms with Crippen LogP contribution in [0.15, 0.2) is 18.2 Å². The molecular formula is C14H20ClN3O2. The van der Waals surface area contributed by atoms with E-state index in [2.05, 4.69) is 10.6 Å². The first-order valence-corrected chi connectivity index (χ1v) is 6.62. The zero-order valence-corrected chi connectivity index (χ0v) is 12.8. The van der Waals surface area contributed by atoms with Gasteiger partial charge in [0.2, 0.25) is 11.8 Å². The summed E-state index contributed by atoms with van der Waals surface area (Å²) in [6.07, 6.45) is 0. The minimum Gasteiger partial charge on any atom is -0.325 e. The number of amides is 2.